The summed E-state index contributed by atoms with van der Waals surface area (Å²) in [6.07, 6.45) is -6.76. The monoisotopic (exact) mass is 388 g/mol. The highest BCUT2D eigenvalue weighted by atomic mass is 16.7. The van der Waals surface area contributed by atoms with E-state index in [0.717, 1.165) is 11.1 Å². The summed E-state index contributed by atoms with van der Waals surface area (Å²) in [5.74, 6) is 0. The number of aliphatic hydroxyl groups excluding tert-OH is 3. The van der Waals surface area contributed by atoms with Crippen LogP contribution in [0.1, 0.15) is 23.7 Å². The van der Waals surface area contributed by atoms with E-state index in [1.165, 1.54) is 0 Å². The van der Waals surface area contributed by atoms with Crippen LogP contribution in [-0.4, -0.2) is 59.1 Å². The van der Waals surface area contributed by atoms with Gasteiger partial charge in [-0.2, -0.15) is 0 Å². The molecule has 28 heavy (non-hydrogen) atoms. The molecule has 2 aromatic carbocycles. The van der Waals surface area contributed by atoms with Crippen LogP contribution in [0.15, 0.2) is 60.7 Å². The molecule has 0 aromatic heterocycles. The van der Waals surface area contributed by atoms with Crippen LogP contribution in [0, 0.1) is 0 Å². The zero-order valence-corrected chi connectivity index (χ0v) is 15.2. The predicted octanol–water partition coefficient (Wildman–Crippen LogP) is 1.30. The minimum absolute atomic E-state index is 0.00270. The van der Waals surface area contributed by atoms with Crippen molar-refractivity contribution in [1.82, 2.24) is 0 Å². The lowest BCUT2D eigenvalue weighted by atomic mass is 9.97. The predicted molar refractivity (Wildman–Crippen MR) is 98.0 cm³/mol. The highest BCUT2D eigenvalue weighted by molar-refractivity contribution is 5.17. The molecule has 0 spiro atoms. The molecule has 2 heterocycles. The first-order valence-corrected chi connectivity index (χ1v) is 9.31. The van der Waals surface area contributed by atoms with E-state index in [4.69, 9.17) is 18.9 Å². The van der Waals surface area contributed by atoms with Crippen molar-refractivity contribution in [1.29, 1.82) is 0 Å². The smallest absolute Gasteiger partial charge is 0.184 e. The quantitative estimate of drug-likeness (QED) is 0.726. The molecule has 4 rings (SSSR count). The Labute approximate surface area is 163 Å². The second-order valence-corrected chi connectivity index (χ2v) is 6.98. The van der Waals surface area contributed by atoms with Gasteiger partial charge in [-0.3, -0.25) is 0 Å². The summed E-state index contributed by atoms with van der Waals surface area (Å²) < 4.78 is 22.8. The van der Waals surface area contributed by atoms with Crippen molar-refractivity contribution in [3.05, 3.63) is 71.8 Å². The van der Waals surface area contributed by atoms with E-state index in [1.807, 2.05) is 60.7 Å². The van der Waals surface area contributed by atoms with E-state index in [2.05, 4.69) is 0 Å². The van der Waals surface area contributed by atoms with Crippen molar-refractivity contribution in [2.24, 2.45) is 0 Å². The van der Waals surface area contributed by atoms with Gasteiger partial charge in [-0.1, -0.05) is 60.7 Å². The Balaban J connectivity index is 1.48. The summed E-state index contributed by atoms with van der Waals surface area (Å²) in [5, 5.41) is 31.5. The molecule has 2 fully saturated rings. The number of rotatable bonds is 4. The molecule has 2 saturated heterocycles. The van der Waals surface area contributed by atoms with Crippen molar-refractivity contribution in [2.45, 2.75) is 43.1 Å². The highest BCUT2D eigenvalue weighted by Crippen LogP contribution is 2.33. The van der Waals surface area contributed by atoms with E-state index in [0.29, 0.717) is 0 Å². The Bertz CT molecular complexity index is 677. The van der Waals surface area contributed by atoms with Gasteiger partial charge in [-0.25, -0.2) is 0 Å². The maximum absolute atomic E-state index is 10.9. The summed E-state index contributed by atoms with van der Waals surface area (Å²) in [5.41, 5.74) is 1.56. The van der Waals surface area contributed by atoms with Gasteiger partial charge in [0.25, 0.3) is 0 Å². The zero-order valence-electron chi connectivity index (χ0n) is 15.2. The first-order valence-electron chi connectivity index (χ1n) is 9.31. The number of hydrogen-bond acceptors (Lipinski definition) is 7. The maximum Gasteiger partial charge on any atom is 0.184 e. The standard InChI is InChI=1S/C21H24O7/c22-15-11-25-20(13-7-3-1-4-8-13)27-18(15)17(24)19-16(23)12-26-21(28-19)14-9-5-2-6-10-14/h1-10,15-24H,11-12H2/t15-,16+,17+,18?,19?,20-,21-/m1/s1. The van der Waals surface area contributed by atoms with Gasteiger partial charge in [-0.15, -0.1) is 0 Å². The molecule has 7 heteroatoms. The second-order valence-electron chi connectivity index (χ2n) is 6.98. The van der Waals surface area contributed by atoms with Gasteiger partial charge in [0.2, 0.25) is 0 Å². The fourth-order valence-electron chi connectivity index (χ4n) is 3.48. The van der Waals surface area contributed by atoms with Crippen LogP contribution in [0.4, 0.5) is 0 Å². The summed E-state index contributed by atoms with van der Waals surface area (Å²) in [6, 6.07) is 18.6. The molecule has 7 atom stereocenters. The van der Waals surface area contributed by atoms with Gasteiger partial charge in [0.1, 0.15) is 30.5 Å². The molecule has 0 radical (unpaired) electrons. The third kappa shape index (κ3) is 4.11. The van der Waals surface area contributed by atoms with Crippen molar-refractivity contribution < 1.29 is 34.3 Å². The largest absolute Gasteiger partial charge is 0.388 e. The van der Waals surface area contributed by atoms with Gasteiger partial charge >= 0.3 is 0 Å². The summed E-state index contributed by atoms with van der Waals surface area (Å²) in [6.45, 7) is 0.00539. The van der Waals surface area contributed by atoms with Crippen molar-refractivity contribution in [3.8, 4) is 0 Å². The Morgan fingerprint density at radius 3 is 1.46 bits per heavy atom. The average molecular weight is 388 g/mol. The molecule has 150 valence electrons. The second kappa shape index (κ2) is 8.67. The topological polar surface area (TPSA) is 97.6 Å². The normalized spacial score (nSPS) is 34.7. The van der Waals surface area contributed by atoms with Crippen LogP contribution in [0.25, 0.3) is 0 Å². The first kappa shape index (κ1) is 19.5. The van der Waals surface area contributed by atoms with Crippen LogP contribution >= 0.6 is 0 Å². The van der Waals surface area contributed by atoms with Crippen LogP contribution in [0.3, 0.4) is 0 Å². The van der Waals surface area contributed by atoms with Crippen molar-refractivity contribution in [3.63, 3.8) is 0 Å². The Morgan fingerprint density at radius 2 is 1.07 bits per heavy atom. The van der Waals surface area contributed by atoms with Crippen molar-refractivity contribution in [2.75, 3.05) is 13.2 Å². The van der Waals surface area contributed by atoms with E-state index in [-0.39, 0.29) is 13.2 Å². The van der Waals surface area contributed by atoms with Crippen molar-refractivity contribution >= 4 is 0 Å². The third-order valence-electron chi connectivity index (χ3n) is 4.97. The minimum atomic E-state index is -1.27. The fourth-order valence-corrected chi connectivity index (χ4v) is 3.48. The van der Waals surface area contributed by atoms with Crippen LogP contribution in [0.5, 0.6) is 0 Å². The molecule has 0 saturated carbocycles. The number of hydrogen-bond donors (Lipinski definition) is 3. The van der Waals surface area contributed by atoms with E-state index < -0.39 is 43.1 Å². The molecule has 3 N–H and O–H groups in total. The van der Waals surface area contributed by atoms with E-state index >= 15 is 0 Å². The maximum atomic E-state index is 10.9. The van der Waals surface area contributed by atoms with Gasteiger partial charge in [0, 0.05) is 11.1 Å². The molecule has 7 nitrogen and oxygen atoms in total. The van der Waals surface area contributed by atoms with Gasteiger partial charge < -0.3 is 34.3 Å². The molecule has 2 aliphatic heterocycles. The highest BCUT2D eigenvalue weighted by Gasteiger charge is 2.45. The van der Waals surface area contributed by atoms with E-state index in [1.54, 1.807) is 0 Å². The lowest BCUT2D eigenvalue weighted by Gasteiger charge is -2.42. The molecule has 0 amide bonds. The lowest BCUT2D eigenvalue weighted by Crippen LogP contribution is -2.57. The summed E-state index contributed by atoms with van der Waals surface area (Å²) in [7, 11) is 0. The molecule has 2 aromatic rings. The van der Waals surface area contributed by atoms with Crippen LogP contribution in [0.2, 0.25) is 0 Å². The average Bonchev–Trinajstić information content (AvgIpc) is 2.75. The van der Waals surface area contributed by atoms with Gasteiger partial charge in [0.05, 0.1) is 13.2 Å². The Morgan fingerprint density at radius 1 is 0.679 bits per heavy atom. The molecular weight excluding hydrogens is 364 g/mol. The summed E-state index contributed by atoms with van der Waals surface area (Å²) >= 11 is 0. The van der Waals surface area contributed by atoms with Crippen LogP contribution in [-0.2, 0) is 18.9 Å². The molecule has 0 aliphatic carbocycles. The number of benzene rings is 2. The number of aliphatic hydroxyl groups is 3. The molecule has 2 aliphatic rings. The van der Waals surface area contributed by atoms with Crippen LogP contribution < -0.4 is 0 Å². The SMILES string of the molecule is O[C@@H](C1O[C@H](c2ccccc2)OC[C@H]1O)C1O[C@H](c2ccccc2)OC[C@@H]1O. The molecular formula is C21H24O7. The molecule has 0 bridgehead atoms. The minimum Gasteiger partial charge on any atom is -0.388 e. The molecule has 2 unspecified atom stereocenters. The third-order valence-corrected chi connectivity index (χ3v) is 4.97. The Kier molecular flexibility index (Phi) is 6.03. The fraction of sp³-hybridized carbons (Fsp3) is 0.429. The zero-order chi connectivity index (χ0) is 19.5. The number of ether oxygens (including phenoxy) is 4. The Hall–Kier alpha value is -1.84. The summed E-state index contributed by atoms with van der Waals surface area (Å²) in [4.78, 5) is 0. The van der Waals surface area contributed by atoms with Gasteiger partial charge in [-0.05, 0) is 0 Å². The lowest BCUT2D eigenvalue weighted by molar-refractivity contribution is -0.318. The first-order chi connectivity index (χ1) is 13.6. The van der Waals surface area contributed by atoms with Gasteiger partial charge in [0.15, 0.2) is 12.6 Å². The van der Waals surface area contributed by atoms with E-state index in [9.17, 15) is 15.3 Å².